The van der Waals surface area contributed by atoms with E-state index in [1.165, 1.54) is 116 Å². The Hall–Kier alpha value is -5.34. The van der Waals surface area contributed by atoms with E-state index in [2.05, 4.69) is 183 Å². The highest BCUT2D eigenvalue weighted by Crippen LogP contribution is 2.64. The molecular formula is C52H48N2. The number of benzene rings is 7. The Morgan fingerprint density at radius 1 is 0.389 bits per heavy atom. The molecule has 266 valence electrons. The Bertz CT molecular complexity index is 2460. The van der Waals surface area contributed by atoms with Crippen LogP contribution in [-0.4, -0.2) is 11.1 Å². The third kappa shape index (κ3) is 3.96. The summed E-state index contributed by atoms with van der Waals surface area (Å²) < 4.78 is 0. The van der Waals surface area contributed by atoms with Crippen LogP contribution in [0.5, 0.6) is 0 Å². The van der Waals surface area contributed by atoms with Crippen molar-refractivity contribution in [3.8, 4) is 22.3 Å². The molecule has 2 aliphatic carbocycles. The van der Waals surface area contributed by atoms with Gasteiger partial charge >= 0.3 is 0 Å². The summed E-state index contributed by atoms with van der Waals surface area (Å²) in [4.78, 5) is 5.42. The van der Waals surface area contributed by atoms with Gasteiger partial charge in [0.05, 0.1) is 11.1 Å². The summed E-state index contributed by atoms with van der Waals surface area (Å²) in [5.74, 6) is 0. The molecule has 2 heterocycles. The first kappa shape index (κ1) is 32.1. The number of rotatable bonds is 4. The van der Waals surface area contributed by atoms with Crippen LogP contribution in [0.2, 0.25) is 0 Å². The summed E-state index contributed by atoms with van der Waals surface area (Å²) in [6.45, 7) is 10.1. The minimum atomic E-state index is 0.0160. The van der Waals surface area contributed by atoms with Gasteiger partial charge in [0, 0.05) is 33.6 Å². The number of fused-ring (bicyclic) bond motifs is 8. The molecule has 0 saturated heterocycles. The van der Waals surface area contributed by atoms with Crippen LogP contribution in [0.15, 0.2) is 146 Å². The fourth-order valence-corrected chi connectivity index (χ4v) is 12.2. The number of hydrogen-bond donors (Lipinski definition) is 0. The molecule has 0 aromatic heterocycles. The van der Waals surface area contributed by atoms with Crippen molar-refractivity contribution in [2.75, 3.05) is 9.80 Å². The average Bonchev–Trinajstić information content (AvgIpc) is 3.81. The van der Waals surface area contributed by atoms with Crippen molar-refractivity contribution in [1.82, 2.24) is 0 Å². The topological polar surface area (TPSA) is 6.48 Å². The molecule has 4 unspecified atom stereocenters. The smallest absolute Gasteiger partial charge is 0.0517 e. The zero-order valence-corrected chi connectivity index (χ0v) is 32.0. The second-order valence-corrected chi connectivity index (χ2v) is 17.6. The first-order chi connectivity index (χ1) is 26.3. The van der Waals surface area contributed by atoms with Gasteiger partial charge in [-0.1, -0.05) is 136 Å². The molecule has 2 fully saturated rings. The van der Waals surface area contributed by atoms with Crippen molar-refractivity contribution in [1.29, 1.82) is 0 Å². The largest absolute Gasteiger partial charge is 0.334 e. The first-order valence-corrected chi connectivity index (χ1v) is 20.2. The summed E-state index contributed by atoms with van der Waals surface area (Å²) in [5, 5.41) is 5.23. The van der Waals surface area contributed by atoms with Gasteiger partial charge in [-0.05, 0) is 131 Å². The lowest BCUT2D eigenvalue weighted by Gasteiger charge is -2.43. The van der Waals surface area contributed by atoms with Crippen molar-refractivity contribution in [3.05, 3.63) is 157 Å². The van der Waals surface area contributed by atoms with Gasteiger partial charge in [-0.2, -0.15) is 0 Å². The van der Waals surface area contributed by atoms with Crippen molar-refractivity contribution in [2.24, 2.45) is 0 Å². The third-order valence-corrected chi connectivity index (χ3v) is 15.2. The lowest BCUT2D eigenvalue weighted by molar-refractivity contribution is 0.330. The molecule has 2 aliphatic heterocycles. The van der Waals surface area contributed by atoms with Crippen molar-refractivity contribution in [3.63, 3.8) is 0 Å². The lowest BCUT2D eigenvalue weighted by Crippen LogP contribution is -2.48. The standard InChI is InChI=1S/C52H48N2/c1-49-29-15-31-51(49,3)53(45-23-13-11-21-43(45)49)37-25-27-39-41(33-37)47(35-17-7-5-8-18-35)40-28-26-38(34-42(40)48(39)36-19-9-6-10-20-36)54-46-24-14-12-22-44(46)50(2)30-16-32-52(50,54)4/h5-14,17-28,33-34H,15-16,29-32H2,1-4H3. The molecule has 2 nitrogen and oxygen atoms in total. The molecule has 11 rings (SSSR count). The van der Waals surface area contributed by atoms with Crippen LogP contribution < -0.4 is 9.80 Å². The van der Waals surface area contributed by atoms with Crippen LogP contribution in [-0.2, 0) is 10.8 Å². The fraction of sp³-hybridized carbons (Fsp3) is 0.269. The zero-order chi connectivity index (χ0) is 36.5. The van der Waals surface area contributed by atoms with Gasteiger partial charge in [0.1, 0.15) is 0 Å². The Kier molecular flexibility index (Phi) is 6.61. The van der Waals surface area contributed by atoms with Crippen LogP contribution in [0.4, 0.5) is 22.7 Å². The quantitative estimate of drug-likeness (QED) is 0.169. The van der Waals surface area contributed by atoms with E-state index in [0.29, 0.717) is 0 Å². The maximum atomic E-state index is 2.71. The van der Waals surface area contributed by atoms with E-state index in [9.17, 15) is 0 Å². The number of nitrogens with zero attached hydrogens (tertiary/aromatic N) is 2. The minimum Gasteiger partial charge on any atom is -0.334 e. The van der Waals surface area contributed by atoms with Gasteiger partial charge < -0.3 is 9.80 Å². The highest BCUT2D eigenvalue weighted by molar-refractivity contribution is 6.22. The molecule has 0 amide bonds. The number of para-hydroxylation sites is 2. The van der Waals surface area contributed by atoms with Gasteiger partial charge in [0.15, 0.2) is 0 Å². The van der Waals surface area contributed by atoms with E-state index in [0.717, 1.165) is 0 Å². The fourth-order valence-electron chi connectivity index (χ4n) is 12.2. The van der Waals surface area contributed by atoms with Crippen LogP contribution in [0.3, 0.4) is 0 Å². The van der Waals surface area contributed by atoms with E-state index in [-0.39, 0.29) is 21.9 Å². The predicted octanol–water partition coefficient (Wildman–Crippen LogP) is 14.0. The second kappa shape index (κ2) is 11.1. The molecule has 7 aromatic carbocycles. The molecule has 7 aromatic rings. The predicted molar refractivity (Wildman–Crippen MR) is 229 cm³/mol. The van der Waals surface area contributed by atoms with E-state index in [4.69, 9.17) is 0 Å². The lowest BCUT2D eigenvalue weighted by atomic mass is 9.72. The molecular weight excluding hydrogens is 653 g/mol. The summed E-state index contributed by atoms with van der Waals surface area (Å²) in [6.07, 6.45) is 7.34. The van der Waals surface area contributed by atoms with E-state index in [1.54, 1.807) is 0 Å². The van der Waals surface area contributed by atoms with Crippen LogP contribution in [0, 0.1) is 0 Å². The summed E-state index contributed by atoms with van der Waals surface area (Å²) in [7, 11) is 0. The monoisotopic (exact) mass is 700 g/mol. The average molecular weight is 701 g/mol. The van der Waals surface area contributed by atoms with Gasteiger partial charge in [-0.25, -0.2) is 0 Å². The Morgan fingerprint density at radius 2 is 0.778 bits per heavy atom. The molecule has 2 heteroatoms. The van der Waals surface area contributed by atoms with Crippen molar-refractivity contribution < 1.29 is 0 Å². The molecule has 2 saturated carbocycles. The third-order valence-electron chi connectivity index (χ3n) is 15.2. The molecule has 0 spiro atoms. The molecule has 4 aliphatic rings. The van der Waals surface area contributed by atoms with Gasteiger partial charge in [-0.3, -0.25) is 0 Å². The molecule has 0 N–H and O–H groups in total. The Balaban J connectivity index is 1.21. The zero-order valence-electron chi connectivity index (χ0n) is 32.0. The summed E-state index contributed by atoms with van der Waals surface area (Å²) in [6, 6.07) is 55.5. The van der Waals surface area contributed by atoms with Gasteiger partial charge in [0.25, 0.3) is 0 Å². The molecule has 0 bridgehead atoms. The summed E-state index contributed by atoms with van der Waals surface area (Å²) in [5.41, 5.74) is 13.8. The number of hydrogen-bond acceptors (Lipinski definition) is 2. The highest BCUT2D eigenvalue weighted by atomic mass is 15.3. The van der Waals surface area contributed by atoms with Crippen molar-refractivity contribution in [2.45, 2.75) is 88.1 Å². The number of anilines is 4. The minimum absolute atomic E-state index is 0.0160. The van der Waals surface area contributed by atoms with Crippen LogP contribution in [0.1, 0.15) is 77.3 Å². The van der Waals surface area contributed by atoms with E-state index in [1.807, 2.05) is 0 Å². The first-order valence-electron chi connectivity index (χ1n) is 20.2. The normalized spacial score (nSPS) is 26.7. The second-order valence-electron chi connectivity index (χ2n) is 17.6. The molecule has 54 heavy (non-hydrogen) atoms. The van der Waals surface area contributed by atoms with Crippen LogP contribution >= 0.6 is 0 Å². The molecule has 0 radical (unpaired) electrons. The highest BCUT2D eigenvalue weighted by Gasteiger charge is 2.60. The van der Waals surface area contributed by atoms with Crippen LogP contribution in [0.25, 0.3) is 43.8 Å². The maximum Gasteiger partial charge on any atom is 0.0517 e. The van der Waals surface area contributed by atoms with E-state index >= 15 is 0 Å². The summed E-state index contributed by atoms with van der Waals surface area (Å²) >= 11 is 0. The molecule has 4 atom stereocenters. The van der Waals surface area contributed by atoms with Gasteiger partial charge in [0.2, 0.25) is 0 Å². The van der Waals surface area contributed by atoms with Crippen molar-refractivity contribution >= 4 is 44.3 Å². The Morgan fingerprint density at radius 3 is 1.20 bits per heavy atom. The Labute approximate surface area is 320 Å². The maximum absolute atomic E-state index is 2.71. The SMILES string of the molecule is CC12CCCC1(C)N(c1ccc3c(-c4ccccc4)c4cc(N5c6ccccc6C6(C)CCCC56C)ccc4c(-c4ccccc4)c3c1)c1ccccc12. The van der Waals surface area contributed by atoms with Gasteiger partial charge in [-0.15, -0.1) is 0 Å². The van der Waals surface area contributed by atoms with E-state index < -0.39 is 0 Å².